The molecule has 19 heavy (non-hydrogen) atoms. The first-order valence-corrected chi connectivity index (χ1v) is 7.19. The van der Waals surface area contributed by atoms with Crippen molar-refractivity contribution in [2.75, 3.05) is 13.0 Å². The number of para-hydroxylation sites is 1. The van der Waals surface area contributed by atoms with Gasteiger partial charge in [-0.25, -0.2) is 0 Å². The van der Waals surface area contributed by atoms with E-state index >= 15 is 0 Å². The summed E-state index contributed by atoms with van der Waals surface area (Å²) in [6.07, 6.45) is 2.19. The Morgan fingerprint density at radius 3 is 2.74 bits per heavy atom. The van der Waals surface area contributed by atoms with E-state index in [0.717, 1.165) is 24.2 Å². The van der Waals surface area contributed by atoms with Crippen LogP contribution in [0.4, 0.5) is 0 Å². The van der Waals surface area contributed by atoms with Gasteiger partial charge in [-0.15, -0.1) is 11.6 Å². The van der Waals surface area contributed by atoms with Gasteiger partial charge in [0.15, 0.2) is 0 Å². The highest BCUT2D eigenvalue weighted by atomic mass is 35.5. The molecule has 0 spiro atoms. The number of nitrogens with zero attached hydrogens (tertiary/aromatic N) is 1. The van der Waals surface area contributed by atoms with E-state index in [-0.39, 0.29) is 11.8 Å². The number of alkyl halides is 1. The van der Waals surface area contributed by atoms with E-state index in [0.29, 0.717) is 18.5 Å². The Labute approximate surface area is 119 Å². The molecule has 1 amide bonds. The first-order chi connectivity index (χ1) is 9.17. The number of hydrogen-bond donors (Lipinski definition) is 0. The summed E-state index contributed by atoms with van der Waals surface area (Å²) >= 11 is 5.81. The molecule has 1 aliphatic carbocycles. The number of amides is 1. The third kappa shape index (κ3) is 3.41. The third-order valence-electron chi connectivity index (χ3n) is 3.46. The summed E-state index contributed by atoms with van der Waals surface area (Å²) in [5, 5.41) is 0. The van der Waals surface area contributed by atoms with Crippen LogP contribution in [0.25, 0.3) is 0 Å². The third-order valence-corrected chi connectivity index (χ3v) is 3.92. The fourth-order valence-corrected chi connectivity index (χ4v) is 2.27. The predicted octanol–water partition coefficient (Wildman–Crippen LogP) is 3.06. The van der Waals surface area contributed by atoms with Gasteiger partial charge in [-0.05, 0) is 18.9 Å². The summed E-state index contributed by atoms with van der Waals surface area (Å²) in [6.45, 7) is 2.49. The minimum atomic E-state index is -0.128. The number of hydrogen-bond acceptors (Lipinski definition) is 2. The molecule has 1 aromatic carbocycles. The molecule has 1 unspecified atom stereocenters. The largest absolute Gasteiger partial charge is 0.496 e. The van der Waals surface area contributed by atoms with Crippen LogP contribution < -0.4 is 4.74 Å². The Morgan fingerprint density at radius 2 is 2.16 bits per heavy atom. The standard InChI is InChI=1S/C15H20ClNO2/c1-11(9-16)15(18)17(13-7-8-13)10-12-5-3-4-6-14(12)19-2/h3-6,11,13H,7-10H2,1-2H3. The average molecular weight is 282 g/mol. The smallest absolute Gasteiger partial charge is 0.227 e. The minimum absolute atomic E-state index is 0.128. The summed E-state index contributed by atoms with van der Waals surface area (Å²) in [7, 11) is 1.66. The molecule has 104 valence electrons. The molecule has 0 heterocycles. The van der Waals surface area contributed by atoms with Gasteiger partial charge in [0.25, 0.3) is 0 Å². The van der Waals surface area contributed by atoms with Crippen molar-refractivity contribution in [2.45, 2.75) is 32.4 Å². The van der Waals surface area contributed by atoms with Gasteiger partial charge in [-0.1, -0.05) is 25.1 Å². The van der Waals surface area contributed by atoms with Crippen LogP contribution >= 0.6 is 11.6 Å². The van der Waals surface area contributed by atoms with Crippen molar-refractivity contribution in [3.05, 3.63) is 29.8 Å². The lowest BCUT2D eigenvalue weighted by Crippen LogP contribution is -2.37. The Hall–Kier alpha value is -1.22. The molecule has 0 N–H and O–H groups in total. The van der Waals surface area contributed by atoms with Crippen molar-refractivity contribution >= 4 is 17.5 Å². The summed E-state index contributed by atoms with van der Waals surface area (Å²) in [6, 6.07) is 8.22. The topological polar surface area (TPSA) is 29.5 Å². The Morgan fingerprint density at radius 1 is 1.47 bits per heavy atom. The fourth-order valence-electron chi connectivity index (χ4n) is 2.14. The summed E-state index contributed by atoms with van der Waals surface area (Å²) < 4.78 is 5.35. The lowest BCUT2D eigenvalue weighted by atomic mass is 10.1. The first kappa shape index (κ1) is 14.2. The number of carbonyl (C=O) groups is 1. The van der Waals surface area contributed by atoms with Crippen LogP contribution in [0, 0.1) is 5.92 Å². The van der Waals surface area contributed by atoms with Crippen LogP contribution in [0.1, 0.15) is 25.3 Å². The molecular formula is C15H20ClNO2. The number of rotatable bonds is 6. The molecule has 0 aliphatic heterocycles. The molecule has 2 rings (SSSR count). The average Bonchev–Trinajstić information content (AvgIpc) is 3.28. The van der Waals surface area contributed by atoms with Crippen LogP contribution in [0.2, 0.25) is 0 Å². The van der Waals surface area contributed by atoms with Crippen LogP contribution in [0.5, 0.6) is 5.75 Å². The van der Waals surface area contributed by atoms with Gasteiger partial charge in [0.2, 0.25) is 5.91 Å². The second kappa shape index (κ2) is 6.29. The van der Waals surface area contributed by atoms with Gasteiger partial charge in [0, 0.05) is 29.9 Å². The molecular weight excluding hydrogens is 262 g/mol. The number of methoxy groups -OCH3 is 1. The molecule has 4 heteroatoms. The van der Waals surface area contributed by atoms with E-state index in [4.69, 9.17) is 16.3 Å². The normalized spacial score (nSPS) is 15.9. The summed E-state index contributed by atoms with van der Waals surface area (Å²) in [5.74, 6) is 1.22. The number of halogens is 1. The number of ether oxygens (including phenoxy) is 1. The maximum atomic E-state index is 12.4. The summed E-state index contributed by atoms with van der Waals surface area (Å²) in [4.78, 5) is 14.3. The lowest BCUT2D eigenvalue weighted by molar-refractivity contribution is -0.135. The molecule has 0 aromatic heterocycles. The van der Waals surface area contributed by atoms with Crippen molar-refractivity contribution in [3.63, 3.8) is 0 Å². The van der Waals surface area contributed by atoms with Crippen molar-refractivity contribution in [1.82, 2.24) is 4.90 Å². The molecule has 1 saturated carbocycles. The zero-order chi connectivity index (χ0) is 13.8. The first-order valence-electron chi connectivity index (χ1n) is 6.65. The predicted molar refractivity (Wildman–Crippen MR) is 76.5 cm³/mol. The zero-order valence-electron chi connectivity index (χ0n) is 11.4. The molecule has 1 atom stereocenters. The van der Waals surface area contributed by atoms with Gasteiger partial charge in [-0.3, -0.25) is 4.79 Å². The molecule has 0 radical (unpaired) electrons. The molecule has 0 saturated heterocycles. The van der Waals surface area contributed by atoms with Gasteiger partial charge in [0.1, 0.15) is 5.75 Å². The highest BCUT2D eigenvalue weighted by Gasteiger charge is 2.34. The number of benzene rings is 1. The minimum Gasteiger partial charge on any atom is -0.496 e. The monoisotopic (exact) mass is 281 g/mol. The molecule has 1 fully saturated rings. The van der Waals surface area contributed by atoms with Crippen molar-refractivity contribution in [1.29, 1.82) is 0 Å². The molecule has 0 bridgehead atoms. The van der Waals surface area contributed by atoms with E-state index in [1.54, 1.807) is 7.11 Å². The second-order valence-electron chi connectivity index (χ2n) is 5.06. The van der Waals surface area contributed by atoms with E-state index in [1.165, 1.54) is 0 Å². The molecule has 1 aromatic rings. The Balaban J connectivity index is 2.14. The molecule has 1 aliphatic rings. The van der Waals surface area contributed by atoms with Crippen molar-refractivity contribution in [3.8, 4) is 5.75 Å². The highest BCUT2D eigenvalue weighted by molar-refractivity contribution is 6.19. The van der Waals surface area contributed by atoms with Crippen LogP contribution in [0.15, 0.2) is 24.3 Å². The SMILES string of the molecule is COc1ccccc1CN(C(=O)C(C)CCl)C1CC1. The van der Waals surface area contributed by atoms with Gasteiger partial charge in [-0.2, -0.15) is 0 Å². The van der Waals surface area contributed by atoms with Crippen LogP contribution in [-0.4, -0.2) is 29.8 Å². The number of carbonyl (C=O) groups excluding carboxylic acids is 1. The second-order valence-corrected chi connectivity index (χ2v) is 5.37. The lowest BCUT2D eigenvalue weighted by Gasteiger charge is -2.26. The van der Waals surface area contributed by atoms with E-state index in [9.17, 15) is 4.79 Å². The van der Waals surface area contributed by atoms with E-state index < -0.39 is 0 Å². The summed E-state index contributed by atoms with van der Waals surface area (Å²) in [5.41, 5.74) is 1.05. The van der Waals surface area contributed by atoms with Gasteiger partial charge in [0.05, 0.1) is 7.11 Å². The Bertz CT molecular complexity index is 446. The Kier molecular flexibility index (Phi) is 4.70. The fraction of sp³-hybridized carbons (Fsp3) is 0.533. The van der Waals surface area contributed by atoms with Crippen LogP contribution in [0.3, 0.4) is 0 Å². The van der Waals surface area contributed by atoms with Gasteiger partial charge < -0.3 is 9.64 Å². The highest BCUT2D eigenvalue weighted by Crippen LogP contribution is 2.31. The molecule has 3 nitrogen and oxygen atoms in total. The quantitative estimate of drug-likeness (QED) is 0.750. The maximum absolute atomic E-state index is 12.4. The van der Waals surface area contributed by atoms with E-state index in [1.807, 2.05) is 36.1 Å². The zero-order valence-corrected chi connectivity index (χ0v) is 12.2. The maximum Gasteiger partial charge on any atom is 0.227 e. The van der Waals surface area contributed by atoms with Crippen LogP contribution in [-0.2, 0) is 11.3 Å². The van der Waals surface area contributed by atoms with Gasteiger partial charge >= 0.3 is 0 Å². The van der Waals surface area contributed by atoms with Crippen molar-refractivity contribution in [2.24, 2.45) is 5.92 Å². The van der Waals surface area contributed by atoms with Crippen molar-refractivity contribution < 1.29 is 9.53 Å². The van der Waals surface area contributed by atoms with E-state index in [2.05, 4.69) is 0 Å².